The summed E-state index contributed by atoms with van der Waals surface area (Å²) in [6.45, 7) is 3.73. The molecule has 0 fully saturated rings. The number of rotatable bonds is 2. The van der Waals surface area contributed by atoms with Crippen LogP contribution in [0.4, 0.5) is 0 Å². The zero-order valence-corrected chi connectivity index (χ0v) is 10.9. The molecule has 2 rings (SSSR count). The van der Waals surface area contributed by atoms with E-state index in [1.54, 1.807) is 18.2 Å². The van der Waals surface area contributed by atoms with E-state index in [9.17, 15) is 19.5 Å². The lowest BCUT2D eigenvalue weighted by Crippen LogP contribution is -2.34. The van der Waals surface area contributed by atoms with Crippen molar-refractivity contribution in [1.29, 1.82) is 0 Å². The number of nitrogens with zero attached hydrogens (tertiary/aromatic N) is 1. The highest BCUT2D eigenvalue weighted by Gasteiger charge is 2.19. The first kappa shape index (κ1) is 13.6. The van der Waals surface area contributed by atoms with Crippen molar-refractivity contribution in [3.8, 4) is 11.6 Å². The zero-order chi connectivity index (χ0) is 15.0. The monoisotopic (exact) mass is 275 g/mol. The second-order valence-electron chi connectivity index (χ2n) is 4.43. The van der Waals surface area contributed by atoms with Crippen molar-refractivity contribution in [2.75, 3.05) is 0 Å². The molecule has 1 aromatic carbocycles. The van der Waals surface area contributed by atoms with Crippen LogP contribution < -0.4 is 17.0 Å². The summed E-state index contributed by atoms with van der Waals surface area (Å²) in [5.74, 6) is -1.88. The van der Waals surface area contributed by atoms with Gasteiger partial charge in [-0.3, -0.25) is 14.6 Å². The average molecular weight is 275 g/mol. The van der Waals surface area contributed by atoms with Crippen LogP contribution in [0, 0.1) is 13.8 Å². The standard InChI is InChI=1S/C13H13N3O4/c1-6-3-4-8(5-7(6)2)16-12(19)9(10(14)17)11(18)15-13(16)20/h3-5,19H,1-2H3,(H2,14,17)(H,15,18,20). The Bertz CT molecular complexity index is 817. The van der Waals surface area contributed by atoms with Crippen LogP contribution >= 0.6 is 0 Å². The number of carbonyl (C=O) groups is 1. The first-order valence-electron chi connectivity index (χ1n) is 5.78. The fourth-order valence-corrected chi connectivity index (χ4v) is 1.85. The van der Waals surface area contributed by atoms with Crippen LogP contribution in [0.25, 0.3) is 5.69 Å². The first-order valence-corrected chi connectivity index (χ1v) is 5.78. The summed E-state index contributed by atoms with van der Waals surface area (Å²) < 4.78 is 0.827. The molecule has 0 radical (unpaired) electrons. The molecule has 1 heterocycles. The predicted octanol–water partition coefficient (Wildman–Crippen LogP) is -0.0529. The van der Waals surface area contributed by atoms with Gasteiger partial charge in [-0.05, 0) is 37.1 Å². The summed E-state index contributed by atoms with van der Waals surface area (Å²) in [6.07, 6.45) is 0. The van der Waals surface area contributed by atoms with Crippen LogP contribution in [0.1, 0.15) is 21.5 Å². The van der Waals surface area contributed by atoms with Crippen LogP contribution in [0.15, 0.2) is 27.8 Å². The van der Waals surface area contributed by atoms with Crippen LogP contribution in [-0.4, -0.2) is 20.6 Å². The van der Waals surface area contributed by atoms with E-state index < -0.39 is 28.6 Å². The maximum atomic E-state index is 11.8. The number of hydrogen-bond acceptors (Lipinski definition) is 4. The van der Waals surface area contributed by atoms with Crippen LogP contribution in [0.5, 0.6) is 5.88 Å². The number of nitrogens with two attached hydrogens (primary N) is 1. The number of amides is 1. The quantitative estimate of drug-likeness (QED) is 0.711. The third kappa shape index (κ3) is 2.09. The van der Waals surface area contributed by atoms with Crippen molar-refractivity contribution in [1.82, 2.24) is 9.55 Å². The largest absolute Gasteiger partial charge is 0.493 e. The molecule has 0 saturated carbocycles. The lowest BCUT2D eigenvalue weighted by Gasteiger charge is -2.11. The Hall–Kier alpha value is -2.83. The maximum Gasteiger partial charge on any atom is 0.335 e. The fourth-order valence-electron chi connectivity index (χ4n) is 1.85. The lowest BCUT2D eigenvalue weighted by atomic mass is 10.1. The highest BCUT2D eigenvalue weighted by atomic mass is 16.3. The van der Waals surface area contributed by atoms with E-state index in [4.69, 9.17) is 5.73 Å². The smallest absolute Gasteiger partial charge is 0.335 e. The molecule has 0 unspecified atom stereocenters. The van der Waals surface area contributed by atoms with Gasteiger partial charge in [0.25, 0.3) is 11.5 Å². The van der Waals surface area contributed by atoms with Gasteiger partial charge < -0.3 is 10.8 Å². The van der Waals surface area contributed by atoms with Crippen LogP contribution in [0.3, 0.4) is 0 Å². The van der Waals surface area contributed by atoms with E-state index in [1.165, 1.54) is 0 Å². The van der Waals surface area contributed by atoms with Crippen LogP contribution in [0.2, 0.25) is 0 Å². The van der Waals surface area contributed by atoms with Gasteiger partial charge in [0.05, 0.1) is 5.69 Å². The second-order valence-corrected chi connectivity index (χ2v) is 4.43. The lowest BCUT2D eigenvalue weighted by molar-refractivity contribution is 0.0995. The molecule has 0 aliphatic heterocycles. The number of H-pyrrole nitrogens is 1. The molecule has 0 spiro atoms. The number of benzene rings is 1. The van der Waals surface area contributed by atoms with Gasteiger partial charge in [0, 0.05) is 0 Å². The molecular formula is C13H13N3O4. The third-order valence-electron chi connectivity index (χ3n) is 3.08. The Morgan fingerprint density at radius 3 is 2.45 bits per heavy atom. The topological polar surface area (TPSA) is 118 Å². The van der Waals surface area contributed by atoms with Gasteiger partial charge >= 0.3 is 5.69 Å². The SMILES string of the molecule is Cc1ccc(-n2c(O)c(C(N)=O)c(=O)[nH]c2=O)cc1C. The summed E-state index contributed by atoms with van der Waals surface area (Å²) in [5, 5.41) is 9.98. The minimum atomic E-state index is -1.11. The summed E-state index contributed by atoms with van der Waals surface area (Å²) in [5.41, 5.74) is 4.74. The Kier molecular flexibility index (Phi) is 3.19. The van der Waals surface area contributed by atoms with E-state index in [1.807, 2.05) is 18.8 Å². The number of aromatic hydroxyl groups is 1. The van der Waals surface area contributed by atoms with E-state index in [0.29, 0.717) is 5.69 Å². The Morgan fingerprint density at radius 2 is 1.90 bits per heavy atom. The Labute approximate surface area is 113 Å². The van der Waals surface area contributed by atoms with E-state index >= 15 is 0 Å². The van der Waals surface area contributed by atoms with Crippen molar-refractivity contribution in [3.63, 3.8) is 0 Å². The molecule has 0 aliphatic rings. The average Bonchev–Trinajstić information content (AvgIpc) is 2.32. The second kappa shape index (κ2) is 4.69. The molecule has 0 saturated heterocycles. The highest BCUT2D eigenvalue weighted by molar-refractivity contribution is 5.94. The molecule has 7 nitrogen and oxygen atoms in total. The van der Waals surface area contributed by atoms with Gasteiger partial charge in [-0.1, -0.05) is 6.07 Å². The molecule has 20 heavy (non-hydrogen) atoms. The number of hydrogen-bond donors (Lipinski definition) is 3. The van der Waals surface area contributed by atoms with E-state index in [0.717, 1.165) is 15.7 Å². The zero-order valence-electron chi connectivity index (χ0n) is 10.9. The van der Waals surface area contributed by atoms with Gasteiger partial charge in [-0.25, -0.2) is 9.36 Å². The molecule has 4 N–H and O–H groups in total. The Morgan fingerprint density at radius 1 is 1.25 bits per heavy atom. The van der Waals surface area contributed by atoms with Gasteiger partial charge in [0.15, 0.2) is 5.56 Å². The van der Waals surface area contributed by atoms with E-state index in [2.05, 4.69) is 0 Å². The van der Waals surface area contributed by atoms with Gasteiger partial charge in [0.2, 0.25) is 5.88 Å². The van der Waals surface area contributed by atoms with Crippen molar-refractivity contribution in [2.45, 2.75) is 13.8 Å². The molecule has 7 heteroatoms. The van der Waals surface area contributed by atoms with Crippen molar-refractivity contribution >= 4 is 5.91 Å². The molecule has 1 amide bonds. The van der Waals surface area contributed by atoms with Gasteiger partial charge in [0.1, 0.15) is 0 Å². The first-order chi connectivity index (χ1) is 9.32. The number of carbonyl (C=O) groups excluding carboxylic acids is 1. The molecule has 2 aromatic rings. The summed E-state index contributed by atoms with van der Waals surface area (Å²) >= 11 is 0. The number of aryl methyl sites for hydroxylation is 2. The molecule has 0 bridgehead atoms. The molecule has 1 aromatic heterocycles. The van der Waals surface area contributed by atoms with Crippen LogP contribution in [-0.2, 0) is 0 Å². The fraction of sp³-hybridized carbons (Fsp3) is 0.154. The van der Waals surface area contributed by atoms with Gasteiger partial charge in [-0.15, -0.1) is 0 Å². The number of nitrogens with one attached hydrogen (secondary N) is 1. The highest BCUT2D eigenvalue weighted by Crippen LogP contribution is 2.18. The number of primary amides is 1. The van der Waals surface area contributed by atoms with E-state index in [-0.39, 0.29) is 0 Å². The van der Waals surface area contributed by atoms with Crippen molar-refractivity contribution < 1.29 is 9.90 Å². The summed E-state index contributed by atoms with van der Waals surface area (Å²) in [4.78, 5) is 36.4. The number of aromatic amines is 1. The Balaban J connectivity index is 2.84. The normalized spacial score (nSPS) is 10.5. The van der Waals surface area contributed by atoms with Crippen molar-refractivity contribution in [2.24, 2.45) is 5.73 Å². The molecule has 0 aliphatic carbocycles. The minimum absolute atomic E-state index is 0.328. The van der Waals surface area contributed by atoms with Gasteiger partial charge in [-0.2, -0.15) is 0 Å². The third-order valence-corrected chi connectivity index (χ3v) is 3.08. The minimum Gasteiger partial charge on any atom is -0.493 e. The number of aromatic nitrogens is 2. The summed E-state index contributed by atoms with van der Waals surface area (Å²) in [6, 6.07) is 5.00. The summed E-state index contributed by atoms with van der Waals surface area (Å²) in [7, 11) is 0. The van der Waals surface area contributed by atoms with Crippen molar-refractivity contribution in [3.05, 3.63) is 55.7 Å². The molecular weight excluding hydrogens is 262 g/mol. The molecule has 0 atom stereocenters. The molecule has 104 valence electrons. The predicted molar refractivity (Wildman–Crippen MR) is 72.3 cm³/mol. The maximum absolute atomic E-state index is 11.8.